The van der Waals surface area contributed by atoms with E-state index in [4.69, 9.17) is 0 Å². The van der Waals surface area contributed by atoms with Crippen LogP contribution in [0.5, 0.6) is 0 Å². The molecule has 25 heavy (non-hydrogen) atoms. The summed E-state index contributed by atoms with van der Waals surface area (Å²) in [5, 5.41) is 0. The van der Waals surface area contributed by atoms with Gasteiger partial charge in [-0.05, 0) is 45.4 Å². The second kappa shape index (κ2) is 4.98. The molecular formula is C24H23N. The number of rotatable bonds is 0. The van der Waals surface area contributed by atoms with Crippen molar-refractivity contribution in [1.29, 1.82) is 0 Å². The van der Waals surface area contributed by atoms with E-state index in [1.807, 2.05) is 0 Å². The second-order valence-corrected chi connectivity index (χ2v) is 8.34. The predicted octanol–water partition coefficient (Wildman–Crippen LogP) is 6.15. The maximum absolute atomic E-state index is 2.56. The highest BCUT2D eigenvalue weighted by atomic mass is 15.1. The number of fused-ring (bicyclic) bond motifs is 4. The van der Waals surface area contributed by atoms with Crippen LogP contribution in [0.2, 0.25) is 0 Å². The minimum Gasteiger partial charge on any atom is -0.362 e. The summed E-state index contributed by atoms with van der Waals surface area (Å²) >= 11 is 0. The summed E-state index contributed by atoms with van der Waals surface area (Å²) in [7, 11) is 0. The lowest BCUT2D eigenvalue weighted by Crippen LogP contribution is -2.30. The molecule has 1 heteroatoms. The molecule has 0 atom stereocenters. The summed E-state index contributed by atoms with van der Waals surface area (Å²) < 4.78 is 0. The van der Waals surface area contributed by atoms with E-state index in [2.05, 4.69) is 86.3 Å². The lowest BCUT2D eigenvalue weighted by atomic mass is 9.78. The number of anilines is 1. The molecule has 0 saturated heterocycles. The van der Waals surface area contributed by atoms with E-state index in [1.54, 1.807) is 0 Å². The van der Waals surface area contributed by atoms with Crippen LogP contribution in [0, 0.1) is 0 Å². The van der Waals surface area contributed by atoms with Crippen molar-refractivity contribution in [2.24, 2.45) is 0 Å². The first-order valence-corrected chi connectivity index (χ1v) is 9.12. The zero-order valence-electron chi connectivity index (χ0n) is 15.1. The molecule has 3 aromatic rings. The van der Waals surface area contributed by atoms with Gasteiger partial charge in [0, 0.05) is 24.2 Å². The van der Waals surface area contributed by atoms with Gasteiger partial charge in [-0.1, -0.05) is 69.3 Å². The smallest absolute Gasteiger partial charge is 0.0532 e. The molecule has 0 spiro atoms. The standard InChI is InChI=1S/C24H23N/c1-24(2,3)18-12-21-19-10-6-4-8-16(19)14-25-15-17-9-5-7-11-20(17)22(13-18)23(21)25/h4-13H,14-15H2,1-3H3. The Kier molecular flexibility index (Phi) is 2.94. The van der Waals surface area contributed by atoms with Crippen LogP contribution in [-0.4, -0.2) is 0 Å². The Morgan fingerprint density at radius 2 is 1.16 bits per heavy atom. The first kappa shape index (κ1) is 14.8. The van der Waals surface area contributed by atoms with E-state index in [0.717, 1.165) is 13.1 Å². The number of hydrogen-bond acceptors (Lipinski definition) is 1. The number of benzene rings is 3. The van der Waals surface area contributed by atoms with Gasteiger partial charge in [-0.25, -0.2) is 0 Å². The van der Waals surface area contributed by atoms with Gasteiger partial charge in [-0.15, -0.1) is 0 Å². The fraction of sp³-hybridized carbons (Fsp3) is 0.250. The van der Waals surface area contributed by atoms with Gasteiger partial charge < -0.3 is 4.90 Å². The number of hydrogen-bond donors (Lipinski definition) is 0. The van der Waals surface area contributed by atoms with Crippen LogP contribution in [-0.2, 0) is 18.5 Å². The first-order valence-electron chi connectivity index (χ1n) is 9.12. The van der Waals surface area contributed by atoms with Gasteiger partial charge in [-0.2, -0.15) is 0 Å². The molecular weight excluding hydrogens is 302 g/mol. The largest absolute Gasteiger partial charge is 0.362 e. The third-order valence-corrected chi connectivity index (χ3v) is 5.63. The first-order chi connectivity index (χ1) is 12.0. The van der Waals surface area contributed by atoms with Crippen LogP contribution in [0.4, 0.5) is 5.69 Å². The minimum atomic E-state index is 0.134. The van der Waals surface area contributed by atoms with E-state index < -0.39 is 0 Å². The molecule has 2 heterocycles. The predicted molar refractivity (Wildman–Crippen MR) is 106 cm³/mol. The van der Waals surface area contributed by atoms with E-state index >= 15 is 0 Å². The lowest BCUT2D eigenvalue weighted by Gasteiger charge is -2.40. The molecule has 0 bridgehead atoms. The third-order valence-electron chi connectivity index (χ3n) is 5.63. The summed E-state index contributed by atoms with van der Waals surface area (Å²) in [6.45, 7) is 8.92. The molecule has 124 valence electrons. The van der Waals surface area contributed by atoms with Crippen molar-refractivity contribution in [2.45, 2.75) is 39.3 Å². The van der Waals surface area contributed by atoms with Crippen molar-refractivity contribution in [1.82, 2.24) is 0 Å². The Morgan fingerprint density at radius 1 is 0.680 bits per heavy atom. The van der Waals surface area contributed by atoms with E-state index in [1.165, 1.54) is 44.6 Å². The molecule has 0 aliphatic carbocycles. The number of nitrogens with zero attached hydrogens (tertiary/aromatic N) is 1. The summed E-state index contributed by atoms with van der Waals surface area (Å²) in [6, 6.07) is 22.7. The Morgan fingerprint density at radius 3 is 1.64 bits per heavy atom. The summed E-state index contributed by atoms with van der Waals surface area (Å²) in [6.07, 6.45) is 0. The summed E-state index contributed by atoms with van der Waals surface area (Å²) in [5.41, 5.74) is 11.5. The SMILES string of the molecule is CC(C)(C)c1cc2c3c(c1)-c1ccccc1CN3Cc1ccccc1-2. The molecule has 2 aliphatic rings. The van der Waals surface area contributed by atoms with Crippen molar-refractivity contribution in [3.05, 3.63) is 77.4 Å². The molecule has 0 fully saturated rings. The highest BCUT2D eigenvalue weighted by molar-refractivity contribution is 5.97. The lowest BCUT2D eigenvalue weighted by molar-refractivity contribution is 0.590. The summed E-state index contributed by atoms with van der Waals surface area (Å²) in [4.78, 5) is 2.56. The van der Waals surface area contributed by atoms with Gasteiger partial charge in [0.05, 0.1) is 5.69 Å². The fourth-order valence-corrected chi connectivity index (χ4v) is 4.29. The van der Waals surface area contributed by atoms with Crippen LogP contribution in [0.1, 0.15) is 37.5 Å². The van der Waals surface area contributed by atoms with Crippen LogP contribution < -0.4 is 4.90 Å². The normalized spacial score (nSPS) is 14.6. The van der Waals surface area contributed by atoms with Crippen molar-refractivity contribution >= 4 is 5.69 Å². The second-order valence-electron chi connectivity index (χ2n) is 8.34. The van der Waals surface area contributed by atoms with Gasteiger partial charge >= 0.3 is 0 Å². The van der Waals surface area contributed by atoms with Crippen LogP contribution in [0.25, 0.3) is 22.3 Å². The molecule has 0 saturated carbocycles. The highest BCUT2D eigenvalue weighted by Gasteiger charge is 2.31. The van der Waals surface area contributed by atoms with E-state index in [-0.39, 0.29) is 5.41 Å². The molecule has 0 N–H and O–H groups in total. The van der Waals surface area contributed by atoms with Crippen molar-refractivity contribution in [3.8, 4) is 22.3 Å². The molecule has 0 amide bonds. The molecule has 1 nitrogen and oxygen atoms in total. The van der Waals surface area contributed by atoms with E-state index in [0.29, 0.717) is 0 Å². The van der Waals surface area contributed by atoms with Gasteiger partial charge in [-0.3, -0.25) is 0 Å². The average molecular weight is 325 g/mol. The van der Waals surface area contributed by atoms with E-state index in [9.17, 15) is 0 Å². The maximum Gasteiger partial charge on any atom is 0.0532 e. The maximum atomic E-state index is 2.56. The molecule has 0 unspecified atom stereocenters. The Hall–Kier alpha value is -2.54. The van der Waals surface area contributed by atoms with Gasteiger partial charge in [0.2, 0.25) is 0 Å². The van der Waals surface area contributed by atoms with Gasteiger partial charge in [0.25, 0.3) is 0 Å². The average Bonchev–Trinajstić information content (AvgIpc) is 2.61. The van der Waals surface area contributed by atoms with Gasteiger partial charge in [0.15, 0.2) is 0 Å². The monoisotopic (exact) mass is 325 g/mol. The Labute approximate surface area is 149 Å². The molecule has 0 radical (unpaired) electrons. The zero-order valence-corrected chi connectivity index (χ0v) is 15.1. The zero-order chi connectivity index (χ0) is 17.2. The van der Waals surface area contributed by atoms with Crippen LogP contribution in [0.15, 0.2) is 60.7 Å². The Balaban J connectivity index is 1.89. The summed E-state index contributed by atoms with van der Waals surface area (Å²) in [5.74, 6) is 0. The fourth-order valence-electron chi connectivity index (χ4n) is 4.29. The molecule has 2 aliphatic heterocycles. The topological polar surface area (TPSA) is 3.24 Å². The van der Waals surface area contributed by atoms with Crippen LogP contribution in [0.3, 0.4) is 0 Å². The third kappa shape index (κ3) is 2.15. The molecule has 5 rings (SSSR count). The van der Waals surface area contributed by atoms with Crippen molar-refractivity contribution < 1.29 is 0 Å². The van der Waals surface area contributed by atoms with Gasteiger partial charge in [0.1, 0.15) is 0 Å². The molecule has 3 aromatic carbocycles. The quantitative estimate of drug-likeness (QED) is 0.479. The van der Waals surface area contributed by atoms with Crippen LogP contribution >= 0.6 is 0 Å². The van der Waals surface area contributed by atoms with Crippen molar-refractivity contribution in [3.63, 3.8) is 0 Å². The molecule has 0 aromatic heterocycles. The van der Waals surface area contributed by atoms with Crippen molar-refractivity contribution in [2.75, 3.05) is 4.90 Å². The minimum absolute atomic E-state index is 0.134. The Bertz CT molecular complexity index is 920. The highest BCUT2D eigenvalue weighted by Crippen LogP contribution is 2.50.